The highest BCUT2D eigenvalue weighted by Gasteiger charge is 2.31. The van der Waals surface area contributed by atoms with Gasteiger partial charge in [0.15, 0.2) is 5.17 Å². The normalized spacial score (nSPS) is 19.2. The molecule has 1 atom stereocenters. The summed E-state index contributed by atoms with van der Waals surface area (Å²) >= 11 is 1.03. The number of rotatable bonds is 3. The van der Waals surface area contributed by atoms with E-state index in [-0.39, 0.29) is 29.3 Å². The van der Waals surface area contributed by atoms with Gasteiger partial charge in [0.2, 0.25) is 17.7 Å². The van der Waals surface area contributed by atoms with Crippen LogP contribution in [0, 0.1) is 12.3 Å². The first kappa shape index (κ1) is 11.6. The lowest BCUT2D eigenvalue weighted by Crippen LogP contribution is -2.27. The van der Waals surface area contributed by atoms with Gasteiger partial charge in [0, 0.05) is 12.5 Å². The molecule has 1 aliphatic rings. The molecular weight excluding hydrogens is 244 g/mol. The number of thioether (sulfide) groups is 1. The summed E-state index contributed by atoms with van der Waals surface area (Å²) < 4.78 is 4.82. The number of carbonyl (C=O) groups is 2. The molecule has 7 nitrogen and oxygen atoms in total. The van der Waals surface area contributed by atoms with Crippen LogP contribution in [0.15, 0.2) is 10.6 Å². The minimum absolute atomic E-state index is 0.00136. The summed E-state index contributed by atoms with van der Waals surface area (Å²) in [6.07, 6.45) is -0.00136. The molecule has 0 saturated carbocycles. The predicted octanol–water partition coefficient (Wildman–Crippen LogP) is 0.478. The average Bonchev–Trinajstić information content (AvgIpc) is 2.74. The SMILES string of the molecule is Cc1cc(NC(=O)CC2SC(=N)NC2=O)on1. The highest BCUT2D eigenvalue weighted by molar-refractivity contribution is 8.15. The van der Waals surface area contributed by atoms with E-state index < -0.39 is 5.25 Å². The van der Waals surface area contributed by atoms with Crippen LogP contribution in [0.25, 0.3) is 0 Å². The van der Waals surface area contributed by atoms with Crippen LogP contribution in [0.1, 0.15) is 12.1 Å². The minimum Gasteiger partial charge on any atom is -0.338 e. The van der Waals surface area contributed by atoms with Crippen LogP contribution in [0.3, 0.4) is 0 Å². The quantitative estimate of drug-likeness (QED) is 0.727. The second kappa shape index (κ2) is 4.58. The molecule has 1 aliphatic heterocycles. The number of amidine groups is 1. The maximum Gasteiger partial charge on any atom is 0.240 e. The third-order valence-electron chi connectivity index (χ3n) is 2.05. The largest absolute Gasteiger partial charge is 0.338 e. The molecule has 17 heavy (non-hydrogen) atoms. The van der Waals surface area contributed by atoms with Crippen molar-refractivity contribution in [3.05, 3.63) is 11.8 Å². The Morgan fingerprint density at radius 2 is 2.53 bits per heavy atom. The van der Waals surface area contributed by atoms with Crippen LogP contribution in [-0.4, -0.2) is 27.4 Å². The molecular formula is C9H10N4O3S. The third-order valence-corrected chi connectivity index (χ3v) is 3.05. The summed E-state index contributed by atoms with van der Waals surface area (Å²) in [5.74, 6) is -0.404. The van der Waals surface area contributed by atoms with Crippen molar-refractivity contribution in [3.8, 4) is 0 Å². The highest BCUT2D eigenvalue weighted by Crippen LogP contribution is 2.21. The van der Waals surface area contributed by atoms with Gasteiger partial charge in [0.1, 0.15) is 5.25 Å². The standard InChI is InChI=1S/C9H10N4O3S/c1-4-2-7(16-13-4)11-6(14)3-5-8(15)12-9(10)17-5/h2,5H,3H2,1H3,(H,11,14)(H2,10,12,15). The fourth-order valence-corrected chi connectivity index (χ4v) is 2.18. The Kier molecular flexibility index (Phi) is 3.14. The maximum atomic E-state index is 11.6. The van der Waals surface area contributed by atoms with Gasteiger partial charge in [-0.3, -0.25) is 20.3 Å². The molecule has 0 bridgehead atoms. The van der Waals surface area contributed by atoms with Gasteiger partial charge in [0.05, 0.1) is 5.69 Å². The molecule has 2 amide bonds. The number of nitrogens with one attached hydrogen (secondary N) is 3. The first-order valence-electron chi connectivity index (χ1n) is 4.84. The zero-order chi connectivity index (χ0) is 12.4. The molecule has 1 aromatic rings. The van der Waals surface area contributed by atoms with E-state index in [1.165, 1.54) is 0 Å². The Hall–Kier alpha value is -1.83. The van der Waals surface area contributed by atoms with E-state index >= 15 is 0 Å². The lowest BCUT2D eigenvalue weighted by molar-refractivity contribution is -0.122. The highest BCUT2D eigenvalue weighted by atomic mass is 32.2. The summed E-state index contributed by atoms with van der Waals surface area (Å²) in [5, 5.41) is 15.2. The molecule has 2 heterocycles. The smallest absolute Gasteiger partial charge is 0.240 e. The Balaban J connectivity index is 1.89. The van der Waals surface area contributed by atoms with Gasteiger partial charge in [-0.1, -0.05) is 16.9 Å². The number of aryl methyl sites for hydroxylation is 1. The second-order valence-electron chi connectivity index (χ2n) is 3.51. The summed E-state index contributed by atoms with van der Waals surface area (Å²) in [7, 11) is 0. The predicted molar refractivity (Wildman–Crippen MR) is 61.7 cm³/mol. The van der Waals surface area contributed by atoms with Gasteiger partial charge in [-0.15, -0.1) is 0 Å². The van der Waals surface area contributed by atoms with Crippen molar-refractivity contribution in [1.29, 1.82) is 5.41 Å². The monoisotopic (exact) mass is 254 g/mol. The zero-order valence-electron chi connectivity index (χ0n) is 8.94. The molecule has 90 valence electrons. The van der Waals surface area contributed by atoms with Gasteiger partial charge >= 0.3 is 0 Å². The first-order valence-corrected chi connectivity index (χ1v) is 5.72. The number of aromatic nitrogens is 1. The molecule has 0 radical (unpaired) electrons. The number of anilines is 1. The number of nitrogens with zero attached hydrogens (tertiary/aromatic N) is 1. The second-order valence-corrected chi connectivity index (χ2v) is 4.72. The summed E-state index contributed by atoms with van der Waals surface area (Å²) in [4.78, 5) is 22.9. The lowest BCUT2D eigenvalue weighted by atomic mass is 10.2. The van der Waals surface area contributed by atoms with E-state index in [9.17, 15) is 9.59 Å². The van der Waals surface area contributed by atoms with Crippen LogP contribution < -0.4 is 10.6 Å². The van der Waals surface area contributed by atoms with Gasteiger partial charge in [-0.25, -0.2) is 0 Å². The fraction of sp³-hybridized carbons (Fsp3) is 0.333. The van der Waals surface area contributed by atoms with Crippen LogP contribution >= 0.6 is 11.8 Å². The number of hydrogen-bond donors (Lipinski definition) is 3. The number of carbonyl (C=O) groups excluding carboxylic acids is 2. The fourth-order valence-electron chi connectivity index (χ4n) is 1.33. The molecule has 1 unspecified atom stereocenters. The van der Waals surface area contributed by atoms with Crippen molar-refractivity contribution in [1.82, 2.24) is 10.5 Å². The molecule has 0 spiro atoms. The summed E-state index contributed by atoms with van der Waals surface area (Å²) in [5.41, 5.74) is 0.662. The van der Waals surface area contributed by atoms with E-state index in [1.54, 1.807) is 13.0 Å². The van der Waals surface area contributed by atoms with Gasteiger partial charge in [-0.2, -0.15) is 0 Å². The molecule has 2 rings (SSSR count). The van der Waals surface area contributed by atoms with Gasteiger partial charge in [-0.05, 0) is 6.92 Å². The van der Waals surface area contributed by atoms with Crippen molar-refractivity contribution in [2.45, 2.75) is 18.6 Å². The molecule has 0 aliphatic carbocycles. The summed E-state index contributed by atoms with van der Waals surface area (Å²) in [6.45, 7) is 1.74. The van der Waals surface area contributed by atoms with Crippen molar-refractivity contribution in [2.24, 2.45) is 0 Å². The molecule has 3 N–H and O–H groups in total. The Labute approximate surface area is 101 Å². The number of amides is 2. The molecule has 8 heteroatoms. The van der Waals surface area contributed by atoms with Crippen LogP contribution in [-0.2, 0) is 9.59 Å². The third kappa shape index (κ3) is 2.84. The Morgan fingerprint density at radius 1 is 1.76 bits per heavy atom. The maximum absolute atomic E-state index is 11.6. The lowest BCUT2D eigenvalue weighted by Gasteiger charge is -2.04. The van der Waals surface area contributed by atoms with Crippen molar-refractivity contribution >= 4 is 34.6 Å². The average molecular weight is 254 g/mol. The van der Waals surface area contributed by atoms with Crippen molar-refractivity contribution < 1.29 is 14.1 Å². The molecule has 0 aromatic carbocycles. The van der Waals surface area contributed by atoms with E-state index in [4.69, 9.17) is 9.93 Å². The van der Waals surface area contributed by atoms with Crippen LogP contribution in [0.5, 0.6) is 0 Å². The van der Waals surface area contributed by atoms with Gasteiger partial charge in [0.25, 0.3) is 0 Å². The van der Waals surface area contributed by atoms with Crippen LogP contribution in [0.4, 0.5) is 5.88 Å². The molecule has 1 aromatic heterocycles. The van der Waals surface area contributed by atoms with E-state index in [2.05, 4.69) is 15.8 Å². The molecule has 1 saturated heterocycles. The van der Waals surface area contributed by atoms with Crippen LogP contribution in [0.2, 0.25) is 0 Å². The Bertz CT molecular complexity index is 484. The number of hydrogen-bond acceptors (Lipinski definition) is 6. The first-order chi connectivity index (χ1) is 8.04. The molecule has 1 fully saturated rings. The van der Waals surface area contributed by atoms with E-state index in [0.29, 0.717) is 5.69 Å². The summed E-state index contributed by atoms with van der Waals surface area (Å²) in [6, 6.07) is 1.59. The van der Waals surface area contributed by atoms with E-state index in [1.807, 2.05) is 0 Å². The zero-order valence-corrected chi connectivity index (χ0v) is 9.76. The van der Waals surface area contributed by atoms with Gasteiger partial charge < -0.3 is 9.84 Å². The minimum atomic E-state index is -0.550. The topological polar surface area (TPSA) is 108 Å². The van der Waals surface area contributed by atoms with E-state index in [0.717, 1.165) is 11.8 Å². The van der Waals surface area contributed by atoms with Crippen molar-refractivity contribution in [3.63, 3.8) is 0 Å². The van der Waals surface area contributed by atoms with Crippen molar-refractivity contribution in [2.75, 3.05) is 5.32 Å². The Morgan fingerprint density at radius 3 is 3.06 bits per heavy atom.